The molecule has 0 spiro atoms. The highest BCUT2D eigenvalue weighted by molar-refractivity contribution is 5.69. The third kappa shape index (κ3) is 4.86. The molecule has 0 amide bonds. The van der Waals surface area contributed by atoms with Crippen LogP contribution in [-0.2, 0) is 16.1 Å². The van der Waals surface area contributed by atoms with Gasteiger partial charge >= 0.3 is 5.97 Å². The van der Waals surface area contributed by atoms with Crippen LogP contribution in [0.15, 0.2) is 65.3 Å². The molecule has 3 aromatic rings. The highest BCUT2D eigenvalue weighted by Gasteiger charge is 2.09. The number of benzene rings is 2. The Bertz CT molecular complexity index is 827. The number of hydrogen-bond acceptors (Lipinski definition) is 6. The minimum absolute atomic E-state index is 0.0672. The number of carbonyl (C=O) groups is 1. The van der Waals surface area contributed by atoms with E-state index >= 15 is 0 Å². The van der Waals surface area contributed by atoms with E-state index in [2.05, 4.69) is 4.98 Å². The number of nitrogens with zero attached hydrogens (tertiary/aromatic N) is 1. The summed E-state index contributed by atoms with van der Waals surface area (Å²) in [7, 11) is 1.60. The second-order valence-electron chi connectivity index (χ2n) is 5.44. The van der Waals surface area contributed by atoms with Crippen molar-refractivity contribution in [2.75, 3.05) is 13.7 Å². The molecule has 6 heteroatoms. The van der Waals surface area contributed by atoms with Crippen LogP contribution < -0.4 is 9.47 Å². The maximum absolute atomic E-state index is 11.8. The van der Waals surface area contributed by atoms with Crippen molar-refractivity contribution in [1.82, 2.24) is 4.98 Å². The summed E-state index contributed by atoms with van der Waals surface area (Å²) in [6, 6.07) is 16.7. The molecule has 0 aliphatic heterocycles. The number of aromatic nitrogens is 1. The number of methoxy groups -OCH3 is 1. The van der Waals surface area contributed by atoms with Gasteiger partial charge in [-0.1, -0.05) is 18.2 Å². The van der Waals surface area contributed by atoms with Crippen LogP contribution in [0, 0.1) is 0 Å². The lowest BCUT2D eigenvalue weighted by atomic mass is 10.2. The smallest absolute Gasteiger partial charge is 0.309 e. The van der Waals surface area contributed by atoms with Crippen LogP contribution in [-0.4, -0.2) is 24.7 Å². The second kappa shape index (κ2) is 8.71. The van der Waals surface area contributed by atoms with Crippen molar-refractivity contribution in [1.29, 1.82) is 0 Å². The Balaban J connectivity index is 1.40. The highest BCUT2D eigenvalue weighted by Crippen LogP contribution is 2.19. The Morgan fingerprint density at radius 2 is 1.77 bits per heavy atom. The third-order valence-electron chi connectivity index (χ3n) is 3.59. The molecule has 0 aliphatic carbocycles. The Labute approximate surface area is 151 Å². The molecule has 0 atom stereocenters. The molecular formula is C20H19NO5. The summed E-state index contributed by atoms with van der Waals surface area (Å²) in [6.07, 6.45) is 1.64. The first-order chi connectivity index (χ1) is 12.7. The molecule has 2 aromatic carbocycles. The molecule has 134 valence electrons. The summed E-state index contributed by atoms with van der Waals surface area (Å²) in [5.41, 5.74) is 1.44. The molecule has 0 unspecified atom stereocenters. The van der Waals surface area contributed by atoms with Gasteiger partial charge in [0.2, 0.25) is 5.89 Å². The molecule has 0 saturated heterocycles. The van der Waals surface area contributed by atoms with E-state index in [4.69, 9.17) is 18.6 Å². The van der Waals surface area contributed by atoms with Gasteiger partial charge in [0.15, 0.2) is 0 Å². The van der Waals surface area contributed by atoms with Crippen molar-refractivity contribution in [2.24, 2.45) is 0 Å². The monoisotopic (exact) mass is 353 g/mol. The van der Waals surface area contributed by atoms with Crippen LogP contribution in [0.2, 0.25) is 0 Å². The summed E-state index contributed by atoms with van der Waals surface area (Å²) >= 11 is 0. The molecule has 0 saturated carbocycles. The van der Waals surface area contributed by atoms with Gasteiger partial charge in [0.05, 0.1) is 20.1 Å². The Morgan fingerprint density at radius 3 is 2.50 bits per heavy atom. The zero-order valence-corrected chi connectivity index (χ0v) is 14.4. The van der Waals surface area contributed by atoms with E-state index in [1.807, 2.05) is 30.3 Å². The Kier molecular flexibility index (Phi) is 5.88. The lowest BCUT2D eigenvalue weighted by Crippen LogP contribution is -2.10. The minimum atomic E-state index is -0.359. The molecule has 0 N–H and O–H groups in total. The molecule has 3 rings (SSSR count). The average Bonchev–Trinajstić information content (AvgIpc) is 3.17. The van der Waals surface area contributed by atoms with Crippen molar-refractivity contribution in [3.63, 3.8) is 0 Å². The number of oxazole rings is 1. The van der Waals surface area contributed by atoms with E-state index in [-0.39, 0.29) is 25.6 Å². The molecule has 0 bridgehead atoms. The van der Waals surface area contributed by atoms with E-state index in [0.717, 1.165) is 11.3 Å². The molecule has 1 heterocycles. The number of ether oxygens (including phenoxy) is 3. The van der Waals surface area contributed by atoms with Gasteiger partial charge in [0.1, 0.15) is 30.1 Å². The van der Waals surface area contributed by atoms with Gasteiger partial charge in [-0.2, -0.15) is 0 Å². The van der Waals surface area contributed by atoms with Crippen LogP contribution >= 0.6 is 0 Å². The van der Waals surface area contributed by atoms with Crippen LogP contribution in [0.25, 0.3) is 11.5 Å². The van der Waals surface area contributed by atoms with Crippen molar-refractivity contribution >= 4 is 5.97 Å². The van der Waals surface area contributed by atoms with Gasteiger partial charge in [-0.15, -0.1) is 0 Å². The van der Waals surface area contributed by atoms with E-state index in [9.17, 15) is 4.79 Å². The first kappa shape index (κ1) is 17.5. The van der Waals surface area contributed by atoms with E-state index in [1.165, 1.54) is 6.26 Å². The SMILES string of the molecule is COc1ccc(OCCC(=O)OCc2coc(-c3ccccc3)n2)cc1. The molecule has 0 fully saturated rings. The van der Waals surface area contributed by atoms with Gasteiger partial charge in [-0.3, -0.25) is 4.79 Å². The predicted octanol–water partition coefficient (Wildman–Crippen LogP) is 3.86. The van der Waals surface area contributed by atoms with Crippen molar-refractivity contribution in [3.05, 3.63) is 66.6 Å². The first-order valence-electron chi connectivity index (χ1n) is 8.17. The molecule has 0 radical (unpaired) electrons. The highest BCUT2D eigenvalue weighted by atomic mass is 16.5. The van der Waals surface area contributed by atoms with E-state index < -0.39 is 0 Å². The summed E-state index contributed by atoms with van der Waals surface area (Å²) in [6.45, 7) is 0.303. The lowest BCUT2D eigenvalue weighted by molar-refractivity contribution is -0.145. The fourth-order valence-electron chi connectivity index (χ4n) is 2.24. The summed E-state index contributed by atoms with van der Waals surface area (Å²) < 4.78 is 21.2. The number of rotatable bonds is 8. The topological polar surface area (TPSA) is 70.8 Å². The van der Waals surface area contributed by atoms with Crippen molar-refractivity contribution < 1.29 is 23.4 Å². The van der Waals surface area contributed by atoms with Crippen LogP contribution in [0.1, 0.15) is 12.1 Å². The van der Waals surface area contributed by atoms with Crippen molar-refractivity contribution in [2.45, 2.75) is 13.0 Å². The van der Waals surface area contributed by atoms with Gasteiger partial charge in [-0.25, -0.2) is 4.98 Å². The fourth-order valence-corrected chi connectivity index (χ4v) is 2.24. The van der Waals surface area contributed by atoms with Crippen LogP contribution in [0.4, 0.5) is 0 Å². The summed E-state index contributed by atoms with van der Waals surface area (Å²) in [5, 5.41) is 0. The quantitative estimate of drug-likeness (QED) is 0.573. The molecule has 6 nitrogen and oxygen atoms in total. The number of esters is 1. The zero-order chi connectivity index (χ0) is 18.2. The molecule has 26 heavy (non-hydrogen) atoms. The van der Waals surface area contributed by atoms with E-state index in [0.29, 0.717) is 17.3 Å². The summed E-state index contributed by atoms with van der Waals surface area (Å²) in [4.78, 5) is 16.1. The third-order valence-corrected chi connectivity index (χ3v) is 3.59. The maximum atomic E-state index is 11.8. The standard InChI is InChI=1S/C20H19NO5/c1-23-17-7-9-18(10-8-17)24-12-11-19(22)25-13-16-14-26-20(21-16)15-5-3-2-4-6-15/h2-10,14H,11-13H2,1H3. The van der Waals surface area contributed by atoms with Gasteiger partial charge in [-0.05, 0) is 36.4 Å². The number of carbonyl (C=O) groups excluding carboxylic acids is 1. The van der Waals surface area contributed by atoms with Crippen molar-refractivity contribution in [3.8, 4) is 23.0 Å². The second-order valence-corrected chi connectivity index (χ2v) is 5.44. The number of hydrogen-bond donors (Lipinski definition) is 0. The lowest BCUT2D eigenvalue weighted by Gasteiger charge is -2.07. The van der Waals surface area contributed by atoms with Gasteiger partial charge in [0.25, 0.3) is 0 Å². The fraction of sp³-hybridized carbons (Fsp3) is 0.200. The molecular weight excluding hydrogens is 334 g/mol. The van der Waals surface area contributed by atoms with Crippen LogP contribution in [0.3, 0.4) is 0 Å². The largest absolute Gasteiger partial charge is 0.497 e. The minimum Gasteiger partial charge on any atom is -0.497 e. The average molecular weight is 353 g/mol. The maximum Gasteiger partial charge on any atom is 0.309 e. The summed E-state index contributed by atoms with van der Waals surface area (Å²) in [5.74, 6) is 1.56. The van der Waals surface area contributed by atoms with Gasteiger partial charge < -0.3 is 18.6 Å². The Hall–Kier alpha value is -3.28. The molecule has 0 aliphatic rings. The van der Waals surface area contributed by atoms with E-state index in [1.54, 1.807) is 31.4 Å². The predicted molar refractivity (Wildman–Crippen MR) is 94.8 cm³/mol. The van der Waals surface area contributed by atoms with Crippen LogP contribution in [0.5, 0.6) is 11.5 Å². The zero-order valence-electron chi connectivity index (χ0n) is 14.4. The first-order valence-corrected chi connectivity index (χ1v) is 8.17. The van der Waals surface area contributed by atoms with Gasteiger partial charge in [0, 0.05) is 5.56 Å². The Morgan fingerprint density at radius 1 is 1.04 bits per heavy atom. The normalized spacial score (nSPS) is 10.3. The molecule has 1 aromatic heterocycles.